The van der Waals surface area contributed by atoms with Gasteiger partial charge in [-0.1, -0.05) is 48.5 Å². The quantitative estimate of drug-likeness (QED) is 0.465. The van der Waals surface area contributed by atoms with Gasteiger partial charge in [0.25, 0.3) is 0 Å². The molecule has 0 spiro atoms. The van der Waals surface area contributed by atoms with Crippen molar-refractivity contribution in [1.82, 2.24) is 0 Å². The van der Waals surface area contributed by atoms with Gasteiger partial charge in [-0.25, -0.2) is 8.78 Å². The van der Waals surface area contributed by atoms with Crippen LogP contribution in [0.25, 0.3) is 22.3 Å². The molecule has 4 rings (SSSR count). The predicted molar refractivity (Wildman–Crippen MR) is 112 cm³/mol. The Labute approximate surface area is 171 Å². The van der Waals surface area contributed by atoms with Crippen molar-refractivity contribution in [2.24, 2.45) is 0 Å². The molecule has 1 unspecified atom stereocenters. The summed E-state index contributed by atoms with van der Waals surface area (Å²) < 4.78 is 34.7. The van der Waals surface area contributed by atoms with E-state index in [1.165, 1.54) is 6.07 Å². The Morgan fingerprint density at radius 3 is 2.47 bits per heavy atom. The van der Waals surface area contributed by atoms with Gasteiger partial charge in [-0.05, 0) is 19.1 Å². The summed E-state index contributed by atoms with van der Waals surface area (Å²) in [5.41, 5.74) is 1.58. The van der Waals surface area contributed by atoms with E-state index in [4.69, 9.17) is 4.42 Å². The first-order valence-corrected chi connectivity index (χ1v) is 9.46. The number of anilines is 1. The fourth-order valence-corrected chi connectivity index (χ4v) is 3.47. The summed E-state index contributed by atoms with van der Waals surface area (Å²) in [5.74, 6) is -2.09. The Kier molecular flexibility index (Phi) is 5.33. The number of fused-ring (bicyclic) bond motifs is 1. The molecule has 30 heavy (non-hydrogen) atoms. The molecule has 1 atom stereocenters. The highest BCUT2D eigenvalue weighted by atomic mass is 19.2. The SMILES string of the molecule is CC(Nc1ccccc1CO)c1cc(F)c(F)c2c(=O)cc(-c3ccccc3)oc12. The number of hydrogen-bond acceptors (Lipinski definition) is 4. The summed E-state index contributed by atoms with van der Waals surface area (Å²) >= 11 is 0. The highest BCUT2D eigenvalue weighted by Crippen LogP contribution is 2.32. The smallest absolute Gasteiger partial charge is 0.196 e. The second-order valence-electron chi connectivity index (χ2n) is 6.99. The van der Waals surface area contributed by atoms with Crippen molar-refractivity contribution in [2.75, 3.05) is 5.32 Å². The highest BCUT2D eigenvalue weighted by Gasteiger charge is 2.22. The number of aliphatic hydroxyl groups excluding tert-OH is 1. The molecule has 0 saturated carbocycles. The summed E-state index contributed by atoms with van der Waals surface area (Å²) in [5, 5.41) is 12.3. The van der Waals surface area contributed by atoms with Crippen LogP contribution in [0.15, 0.2) is 75.9 Å². The number of benzene rings is 3. The Morgan fingerprint density at radius 1 is 1.03 bits per heavy atom. The summed E-state index contributed by atoms with van der Waals surface area (Å²) in [7, 11) is 0. The van der Waals surface area contributed by atoms with Gasteiger partial charge in [0.15, 0.2) is 17.1 Å². The first-order chi connectivity index (χ1) is 14.5. The molecular weight excluding hydrogens is 388 g/mol. The summed E-state index contributed by atoms with van der Waals surface area (Å²) in [6, 6.07) is 17.7. The van der Waals surface area contributed by atoms with Crippen molar-refractivity contribution in [2.45, 2.75) is 19.6 Å². The zero-order valence-electron chi connectivity index (χ0n) is 16.2. The third-order valence-corrected chi connectivity index (χ3v) is 5.01. The van der Waals surface area contributed by atoms with Crippen LogP contribution in [0.1, 0.15) is 24.1 Å². The van der Waals surface area contributed by atoms with Crippen LogP contribution in [0, 0.1) is 11.6 Å². The van der Waals surface area contributed by atoms with E-state index in [0.717, 1.165) is 6.07 Å². The highest BCUT2D eigenvalue weighted by molar-refractivity contribution is 5.83. The van der Waals surface area contributed by atoms with Gasteiger partial charge in [-0.2, -0.15) is 0 Å². The number of hydrogen-bond donors (Lipinski definition) is 2. The van der Waals surface area contributed by atoms with Crippen molar-refractivity contribution in [1.29, 1.82) is 0 Å². The zero-order valence-corrected chi connectivity index (χ0v) is 16.2. The van der Waals surface area contributed by atoms with Gasteiger partial charge in [0.05, 0.1) is 12.6 Å². The number of aliphatic hydroxyl groups is 1. The van der Waals surface area contributed by atoms with Crippen molar-refractivity contribution >= 4 is 16.7 Å². The molecule has 1 heterocycles. The van der Waals surface area contributed by atoms with Gasteiger partial charge in [-0.15, -0.1) is 0 Å². The maximum absolute atomic E-state index is 14.5. The Balaban J connectivity index is 1.89. The van der Waals surface area contributed by atoms with E-state index in [1.807, 2.05) is 6.07 Å². The molecule has 3 aromatic carbocycles. The normalized spacial score (nSPS) is 12.1. The number of halogens is 2. The maximum atomic E-state index is 14.5. The van der Waals surface area contributed by atoms with Crippen LogP contribution in [-0.4, -0.2) is 5.11 Å². The largest absolute Gasteiger partial charge is 0.455 e. The van der Waals surface area contributed by atoms with Crippen LogP contribution in [0.3, 0.4) is 0 Å². The lowest BCUT2D eigenvalue weighted by molar-refractivity contribution is 0.282. The molecule has 0 radical (unpaired) electrons. The average Bonchev–Trinajstić information content (AvgIpc) is 2.76. The predicted octanol–water partition coefficient (Wildman–Crippen LogP) is 5.40. The lowest BCUT2D eigenvalue weighted by Crippen LogP contribution is -2.13. The Hall–Kier alpha value is -3.51. The van der Waals surface area contributed by atoms with Crippen LogP contribution in [-0.2, 0) is 6.61 Å². The molecule has 1 aromatic heterocycles. The minimum atomic E-state index is -1.23. The second-order valence-corrected chi connectivity index (χ2v) is 6.99. The Morgan fingerprint density at radius 2 is 1.73 bits per heavy atom. The third-order valence-electron chi connectivity index (χ3n) is 5.01. The summed E-state index contributed by atoms with van der Waals surface area (Å²) in [6.45, 7) is 1.57. The van der Waals surface area contributed by atoms with Gasteiger partial charge in [0.2, 0.25) is 0 Å². The topological polar surface area (TPSA) is 62.5 Å². The van der Waals surface area contributed by atoms with Gasteiger partial charge < -0.3 is 14.8 Å². The van der Waals surface area contributed by atoms with E-state index in [2.05, 4.69) is 5.32 Å². The average molecular weight is 407 g/mol. The van der Waals surface area contributed by atoms with Gasteiger partial charge in [-0.3, -0.25) is 4.79 Å². The fourth-order valence-electron chi connectivity index (χ4n) is 3.47. The van der Waals surface area contributed by atoms with E-state index in [1.54, 1.807) is 55.5 Å². The van der Waals surface area contributed by atoms with Gasteiger partial charge in [0.1, 0.15) is 16.7 Å². The fraction of sp³-hybridized carbons (Fsp3) is 0.125. The number of para-hydroxylation sites is 1. The molecule has 0 amide bonds. The monoisotopic (exact) mass is 407 g/mol. The number of rotatable bonds is 5. The van der Waals surface area contributed by atoms with Crippen LogP contribution < -0.4 is 10.7 Å². The lowest BCUT2D eigenvalue weighted by Gasteiger charge is -2.19. The zero-order chi connectivity index (χ0) is 21.3. The molecule has 0 aliphatic carbocycles. The molecule has 4 nitrogen and oxygen atoms in total. The van der Waals surface area contributed by atoms with Crippen LogP contribution in [0.4, 0.5) is 14.5 Å². The summed E-state index contributed by atoms with van der Waals surface area (Å²) in [4.78, 5) is 12.7. The van der Waals surface area contributed by atoms with Crippen molar-refractivity contribution in [3.63, 3.8) is 0 Å². The molecule has 4 aromatic rings. The van der Waals surface area contributed by atoms with E-state index in [-0.39, 0.29) is 18.0 Å². The molecule has 2 N–H and O–H groups in total. The van der Waals surface area contributed by atoms with E-state index in [0.29, 0.717) is 22.4 Å². The van der Waals surface area contributed by atoms with Gasteiger partial charge >= 0.3 is 0 Å². The number of nitrogens with one attached hydrogen (secondary N) is 1. The van der Waals surface area contributed by atoms with Crippen molar-refractivity contribution in [3.8, 4) is 11.3 Å². The molecule has 0 saturated heterocycles. The van der Waals surface area contributed by atoms with E-state index >= 15 is 0 Å². The van der Waals surface area contributed by atoms with E-state index in [9.17, 15) is 18.7 Å². The van der Waals surface area contributed by atoms with Crippen LogP contribution in [0.5, 0.6) is 0 Å². The standard InChI is InChI=1S/C24H19F2NO3/c1-14(27-19-10-6-5-9-16(19)13-28)17-11-18(25)23(26)22-20(29)12-21(30-24(17)22)15-7-3-2-4-8-15/h2-12,14,27-28H,13H2,1H3. The lowest BCUT2D eigenvalue weighted by atomic mass is 10.0. The molecule has 0 bridgehead atoms. The molecular formula is C24H19F2NO3. The molecule has 0 fully saturated rings. The maximum Gasteiger partial charge on any atom is 0.196 e. The third kappa shape index (κ3) is 3.57. The van der Waals surface area contributed by atoms with E-state index < -0.39 is 28.5 Å². The Bertz CT molecular complexity index is 1270. The van der Waals surface area contributed by atoms with Crippen LogP contribution >= 0.6 is 0 Å². The minimum absolute atomic E-state index is 0.0123. The summed E-state index contributed by atoms with van der Waals surface area (Å²) in [6.07, 6.45) is 0. The minimum Gasteiger partial charge on any atom is -0.455 e. The molecule has 0 aliphatic heterocycles. The molecule has 6 heteroatoms. The first-order valence-electron chi connectivity index (χ1n) is 9.46. The second kappa shape index (κ2) is 8.08. The molecule has 0 aliphatic rings. The van der Waals surface area contributed by atoms with Crippen molar-refractivity contribution in [3.05, 3.63) is 99.7 Å². The van der Waals surface area contributed by atoms with Crippen molar-refractivity contribution < 1.29 is 18.3 Å². The van der Waals surface area contributed by atoms with Crippen LogP contribution in [0.2, 0.25) is 0 Å². The first kappa shape index (κ1) is 19.8. The van der Waals surface area contributed by atoms with Gasteiger partial charge in [0, 0.05) is 28.4 Å². The molecule has 152 valence electrons.